The van der Waals surface area contributed by atoms with E-state index >= 15 is 0 Å². The molecule has 0 aliphatic heterocycles. The van der Waals surface area contributed by atoms with Crippen molar-refractivity contribution in [1.82, 2.24) is 24.9 Å². The molecule has 22 heavy (non-hydrogen) atoms. The van der Waals surface area contributed by atoms with Crippen LogP contribution in [0, 0.1) is 0 Å². The topological polar surface area (TPSA) is 59.0 Å². The number of aromatic amines is 1. The zero-order chi connectivity index (χ0) is 15.4. The lowest BCUT2D eigenvalue weighted by Gasteiger charge is -2.14. The Labute approximate surface area is 129 Å². The van der Waals surface area contributed by atoms with Gasteiger partial charge in [0.15, 0.2) is 0 Å². The minimum Gasteiger partial charge on any atom is -0.494 e. The molecule has 0 fully saturated rings. The molecule has 114 valence electrons. The van der Waals surface area contributed by atoms with E-state index in [1.165, 1.54) is 0 Å². The number of aromatic nitrogens is 4. The third-order valence-electron chi connectivity index (χ3n) is 3.42. The van der Waals surface area contributed by atoms with E-state index in [9.17, 15) is 0 Å². The van der Waals surface area contributed by atoms with E-state index < -0.39 is 0 Å². The standard InChI is InChI=1S/C16H19N5O/c1-20(12-14-7-8-17-19-14)10-13-9-18-21(11-13)15-5-3-4-6-16(15)22-2/h3-9,11H,10,12H2,1-2H3,(H,17,19). The molecule has 3 aromatic rings. The summed E-state index contributed by atoms with van der Waals surface area (Å²) < 4.78 is 7.22. The van der Waals surface area contributed by atoms with Crippen molar-refractivity contribution in [2.75, 3.05) is 14.2 Å². The normalized spacial score (nSPS) is 11.0. The molecule has 0 amide bonds. The Balaban J connectivity index is 1.71. The third-order valence-corrected chi connectivity index (χ3v) is 3.42. The molecule has 0 radical (unpaired) electrons. The van der Waals surface area contributed by atoms with Crippen molar-refractivity contribution in [3.05, 3.63) is 60.2 Å². The van der Waals surface area contributed by atoms with Crippen molar-refractivity contribution in [3.8, 4) is 11.4 Å². The van der Waals surface area contributed by atoms with Gasteiger partial charge in [0, 0.05) is 36.7 Å². The maximum absolute atomic E-state index is 5.38. The molecule has 6 heteroatoms. The lowest BCUT2D eigenvalue weighted by atomic mass is 10.3. The number of H-pyrrole nitrogens is 1. The average molecular weight is 297 g/mol. The summed E-state index contributed by atoms with van der Waals surface area (Å²) in [5.74, 6) is 0.808. The third kappa shape index (κ3) is 3.17. The van der Waals surface area contributed by atoms with E-state index in [4.69, 9.17) is 4.74 Å². The molecule has 0 unspecified atom stereocenters. The summed E-state index contributed by atoms with van der Waals surface area (Å²) in [6.45, 7) is 1.63. The van der Waals surface area contributed by atoms with Crippen LogP contribution in [0.3, 0.4) is 0 Å². The number of nitrogens with one attached hydrogen (secondary N) is 1. The average Bonchev–Trinajstić information content (AvgIpc) is 3.19. The van der Waals surface area contributed by atoms with Gasteiger partial charge in [0.25, 0.3) is 0 Å². The molecule has 1 N–H and O–H groups in total. The number of rotatable bonds is 6. The van der Waals surface area contributed by atoms with Gasteiger partial charge in [-0.25, -0.2) is 4.68 Å². The molecule has 2 heterocycles. The Hall–Kier alpha value is -2.60. The number of para-hydroxylation sites is 2. The highest BCUT2D eigenvalue weighted by Crippen LogP contribution is 2.21. The van der Waals surface area contributed by atoms with Gasteiger partial charge in [-0.2, -0.15) is 10.2 Å². The number of hydrogen-bond acceptors (Lipinski definition) is 4. The summed E-state index contributed by atoms with van der Waals surface area (Å²) in [7, 11) is 3.74. The van der Waals surface area contributed by atoms with Crippen LogP contribution in [0.25, 0.3) is 5.69 Å². The number of methoxy groups -OCH3 is 1. The first kappa shape index (κ1) is 14.3. The molecule has 0 spiro atoms. The van der Waals surface area contributed by atoms with Gasteiger partial charge < -0.3 is 4.74 Å². The number of nitrogens with zero attached hydrogens (tertiary/aromatic N) is 4. The van der Waals surface area contributed by atoms with Gasteiger partial charge in [-0.05, 0) is 25.2 Å². The Morgan fingerprint density at radius 3 is 2.86 bits per heavy atom. The highest BCUT2D eigenvalue weighted by atomic mass is 16.5. The fraction of sp³-hybridized carbons (Fsp3) is 0.250. The lowest BCUT2D eigenvalue weighted by molar-refractivity contribution is 0.315. The number of benzene rings is 1. The van der Waals surface area contributed by atoms with E-state index in [0.29, 0.717) is 0 Å². The highest BCUT2D eigenvalue weighted by Gasteiger charge is 2.08. The van der Waals surface area contributed by atoms with E-state index in [1.807, 2.05) is 47.4 Å². The fourth-order valence-electron chi connectivity index (χ4n) is 2.42. The van der Waals surface area contributed by atoms with E-state index in [-0.39, 0.29) is 0 Å². The van der Waals surface area contributed by atoms with E-state index in [0.717, 1.165) is 35.8 Å². The Kier molecular flexibility index (Phi) is 4.20. The lowest BCUT2D eigenvalue weighted by Crippen LogP contribution is -2.17. The molecule has 0 bridgehead atoms. The quantitative estimate of drug-likeness (QED) is 0.758. The monoisotopic (exact) mass is 297 g/mol. The Morgan fingerprint density at radius 2 is 2.09 bits per heavy atom. The van der Waals surface area contributed by atoms with Crippen LogP contribution in [0.2, 0.25) is 0 Å². The van der Waals surface area contributed by atoms with Crippen molar-refractivity contribution in [2.24, 2.45) is 0 Å². The maximum Gasteiger partial charge on any atom is 0.144 e. The predicted molar refractivity (Wildman–Crippen MR) is 83.9 cm³/mol. The number of hydrogen-bond donors (Lipinski definition) is 1. The molecular formula is C16H19N5O. The van der Waals surface area contributed by atoms with Crippen molar-refractivity contribution in [1.29, 1.82) is 0 Å². The van der Waals surface area contributed by atoms with Crippen LogP contribution in [0.5, 0.6) is 5.75 Å². The zero-order valence-corrected chi connectivity index (χ0v) is 12.7. The van der Waals surface area contributed by atoms with Gasteiger partial charge in [-0.3, -0.25) is 10.00 Å². The van der Waals surface area contributed by atoms with Gasteiger partial charge in [-0.1, -0.05) is 12.1 Å². The second-order valence-electron chi connectivity index (χ2n) is 5.22. The second kappa shape index (κ2) is 6.44. The first-order chi connectivity index (χ1) is 10.8. The predicted octanol–water partition coefficient (Wildman–Crippen LogP) is 2.24. The van der Waals surface area contributed by atoms with E-state index in [1.54, 1.807) is 13.3 Å². The van der Waals surface area contributed by atoms with Gasteiger partial charge >= 0.3 is 0 Å². The van der Waals surface area contributed by atoms with Crippen molar-refractivity contribution in [2.45, 2.75) is 13.1 Å². The molecule has 0 saturated carbocycles. The van der Waals surface area contributed by atoms with Crippen molar-refractivity contribution in [3.63, 3.8) is 0 Å². The van der Waals surface area contributed by atoms with Crippen LogP contribution in [0.4, 0.5) is 0 Å². The Bertz CT molecular complexity index is 720. The summed E-state index contributed by atoms with van der Waals surface area (Å²) in [5.41, 5.74) is 3.18. The Morgan fingerprint density at radius 1 is 1.23 bits per heavy atom. The fourth-order valence-corrected chi connectivity index (χ4v) is 2.42. The van der Waals surface area contributed by atoms with Crippen LogP contribution in [0.15, 0.2) is 48.9 Å². The maximum atomic E-state index is 5.38. The summed E-state index contributed by atoms with van der Waals surface area (Å²) >= 11 is 0. The first-order valence-corrected chi connectivity index (χ1v) is 7.10. The highest BCUT2D eigenvalue weighted by molar-refractivity contribution is 5.46. The summed E-state index contributed by atoms with van der Waals surface area (Å²) in [4.78, 5) is 2.21. The first-order valence-electron chi connectivity index (χ1n) is 7.10. The van der Waals surface area contributed by atoms with Crippen molar-refractivity contribution >= 4 is 0 Å². The molecule has 0 saturated heterocycles. The number of ether oxygens (including phenoxy) is 1. The zero-order valence-electron chi connectivity index (χ0n) is 12.7. The molecular weight excluding hydrogens is 278 g/mol. The summed E-state index contributed by atoms with van der Waals surface area (Å²) in [6, 6.07) is 9.83. The second-order valence-corrected chi connectivity index (χ2v) is 5.22. The molecule has 0 atom stereocenters. The smallest absolute Gasteiger partial charge is 0.144 e. The van der Waals surface area contributed by atoms with Crippen LogP contribution in [0.1, 0.15) is 11.3 Å². The van der Waals surface area contributed by atoms with Gasteiger partial charge in [0.1, 0.15) is 11.4 Å². The molecule has 1 aromatic carbocycles. The summed E-state index contributed by atoms with van der Waals surface area (Å²) in [5, 5.41) is 11.4. The van der Waals surface area contributed by atoms with Gasteiger partial charge in [-0.15, -0.1) is 0 Å². The largest absolute Gasteiger partial charge is 0.494 e. The van der Waals surface area contributed by atoms with Crippen LogP contribution in [-0.4, -0.2) is 39.0 Å². The molecule has 0 aliphatic carbocycles. The van der Waals surface area contributed by atoms with Crippen LogP contribution >= 0.6 is 0 Å². The molecule has 2 aromatic heterocycles. The van der Waals surface area contributed by atoms with E-state index in [2.05, 4.69) is 27.2 Å². The molecule has 0 aliphatic rings. The van der Waals surface area contributed by atoms with Gasteiger partial charge in [0.2, 0.25) is 0 Å². The minimum absolute atomic E-state index is 0.808. The molecule has 6 nitrogen and oxygen atoms in total. The van der Waals surface area contributed by atoms with Crippen molar-refractivity contribution < 1.29 is 4.74 Å². The summed E-state index contributed by atoms with van der Waals surface area (Å²) in [6.07, 6.45) is 5.68. The van der Waals surface area contributed by atoms with Crippen LogP contribution in [-0.2, 0) is 13.1 Å². The SMILES string of the molecule is COc1ccccc1-n1cc(CN(C)Cc2ccn[nH]2)cn1. The van der Waals surface area contributed by atoms with Crippen LogP contribution < -0.4 is 4.74 Å². The van der Waals surface area contributed by atoms with Gasteiger partial charge in [0.05, 0.1) is 13.3 Å². The molecule has 3 rings (SSSR count). The minimum atomic E-state index is 0.808.